The molecule has 2 heteroatoms. The summed E-state index contributed by atoms with van der Waals surface area (Å²) >= 11 is 0. The largest absolute Gasteiger partial charge is 0.466 e. The fourth-order valence-corrected chi connectivity index (χ4v) is 2.46. The Hall–Kier alpha value is -2.09. The Kier molecular flexibility index (Phi) is 2.86. The SMILES string of the molecule is Cc1ccc(C2(c3ccc(C)cc3)CN=CO2)cc1. The fourth-order valence-electron chi connectivity index (χ4n) is 2.46. The topological polar surface area (TPSA) is 21.6 Å². The van der Waals surface area contributed by atoms with Gasteiger partial charge in [-0.05, 0) is 13.8 Å². The number of hydrogen-bond acceptors (Lipinski definition) is 2. The molecule has 96 valence electrons. The van der Waals surface area contributed by atoms with E-state index >= 15 is 0 Å². The molecule has 0 spiro atoms. The van der Waals surface area contributed by atoms with Crippen molar-refractivity contribution in [3.8, 4) is 0 Å². The van der Waals surface area contributed by atoms with Crippen molar-refractivity contribution in [2.45, 2.75) is 19.4 Å². The van der Waals surface area contributed by atoms with Gasteiger partial charge in [0, 0.05) is 11.1 Å². The van der Waals surface area contributed by atoms with Crippen LogP contribution in [0.25, 0.3) is 0 Å². The monoisotopic (exact) mass is 251 g/mol. The molecule has 3 rings (SSSR count). The predicted octanol–water partition coefficient (Wildman–Crippen LogP) is 3.61. The highest BCUT2D eigenvalue weighted by molar-refractivity contribution is 5.55. The van der Waals surface area contributed by atoms with Crippen LogP contribution in [0.4, 0.5) is 0 Å². The molecule has 0 radical (unpaired) electrons. The van der Waals surface area contributed by atoms with Gasteiger partial charge in [-0.15, -0.1) is 0 Å². The molecule has 2 aromatic rings. The average Bonchev–Trinajstić information content (AvgIpc) is 2.91. The first-order valence-corrected chi connectivity index (χ1v) is 6.51. The van der Waals surface area contributed by atoms with E-state index in [0.29, 0.717) is 6.54 Å². The van der Waals surface area contributed by atoms with E-state index in [1.54, 1.807) is 6.40 Å². The second kappa shape index (κ2) is 4.54. The molecule has 0 fully saturated rings. The predicted molar refractivity (Wildman–Crippen MR) is 77.6 cm³/mol. The van der Waals surface area contributed by atoms with E-state index in [9.17, 15) is 0 Å². The van der Waals surface area contributed by atoms with E-state index in [-0.39, 0.29) is 0 Å². The van der Waals surface area contributed by atoms with Gasteiger partial charge in [0.2, 0.25) is 0 Å². The van der Waals surface area contributed by atoms with Crippen molar-refractivity contribution in [1.82, 2.24) is 0 Å². The van der Waals surface area contributed by atoms with Crippen LogP contribution in [0, 0.1) is 13.8 Å². The molecular weight excluding hydrogens is 234 g/mol. The number of ether oxygens (including phenoxy) is 1. The van der Waals surface area contributed by atoms with Gasteiger partial charge in [0.15, 0.2) is 12.0 Å². The molecule has 0 aromatic heterocycles. The molecule has 0 atom stereocenters. The van der Waals surface area contributed by atoms with Crippen molar-refractivity contribution >= 4 is 6.40 Å². The number of benzene rings is 2. The Morgan fingerprint density at radius 2 is 1.32 bits per heavy atom. The van der Waals surface area contributed by atoms with Crippen molar-refractivity contribution < 1.29 is 4.74 Å². The van der Waals surface area contributed by atoms with Crippen LogP contribution in [0.1, 0.15) is 22.3 Å². The molecule has 0 N–H and O–H groups in total. The number of hydrogen-bond donors (Lipinski definition) is 0. The second-order valence-corrected chi connectivity index (χ2v) is 5.12. The fraction of sp³-hybridized carbons (Fsp3) is 0.235. The highest BCUT2D eigenvalue weighted by Crippen LogP contribution is 2.36. The Morgan fingerprint density at radius 1 is 0.842 bits per heavy atom. The molecule has 19 heavy (non-hydrogen) atoms. The molecule has 1 aliphatic rings. The molecule has 2 nitrogen and oxygen atoms in total. The summed E-state index contributed by atoms with van der Waals surface area (Å²) in [6.07, 6.45) is 1.57. The summed E-state index contributed by atoms with van der Waals surface area (Å²) in [6, 6.07) is 17.0. The van der Waals surface area contributed by atoms with Crippen molar-refractivity contribution in [3.05, 3.63) is 70.8 Å². The van der Waals surface area contributed by atoms with Crippen molar-refractivity contribution in [2.75, 3.05) is 6.54 Å². The van der Waals surface area contributed by atoms with Gasteiger partial charge in [-0.3, -0.25) is 4.99 Å². The zero-order chi connectivity index (χ0) is 13.3. The van der Waals surface area contributed by atoms with Crippen LogP contribution in [0.3, 0.4) is 0 Å². The first-order chi connectivity index (χ1) is 9.21. The lowest BCUT2D eigenvalue weighted by molar-refractivity contribution is 0.140. The third-order valence-electron chi connectivity index (χ3n) is 3.68. The van der Waals surface area contributed by atoms with Crippen molar-refractivity contribution in [3.63, 3.8) is 0 Å². The van der Waals surface area contributed by atoms with Crippen LogP contribution >= 0.6 is 0 Å². The van der Waals surface area contributed by atoms with Crippen molar-refractivity contribution in [2.24, 2.45) is 4.99 Å². The molecular formula is C17H17NO. The second-order valence-electron chi connectivity index (χ2n) is 5.12. The summed E-state index contributed by atoms with van der Waals surface area (Å²) in [5, 5.41) is 0. The van der Waals surface area contributed by atoms with Gasteiger partial charge in [0.05, 0.1) is 6.54 Å². The minimum absolute atomic E-state index is 0.457. The first kappa shape index (κ1) is 12.0. The zero-order valence-corrected chi connectivity index (χ0v) is 11.3. The maximum atomic E-state index is 5.90. The maximum absolute atomic E-state index is 5.90. The summed E-state index contributed by atoms with van der Waals surface area (Å²) in [4.78, 5) is 4.29. The summed E-state index contributed by atoms with van der Waals surface area (Å²) in [5.74, 6) is 0. The summed E-state index contributed by atoms with van der Waals surface area (Å²) < 4.78 is 5.90. The Labute approximate surface area is 113 Å². The minimum atomic E-state index is -0.457. The molecule has 0 saturated heterocycles. The van der Waals surface area contributed by atoms with E-state index in [2.05, 4.69) is 67.4 Å². The van der Waals surface area contributed by atoms with E-state index < -0.39 is 5.60 Å². The smallest absolute Gasteiger partial charge is 0.180 e. The molecule has 0 aliphatic carbocycles. The van der Waals surface area contributed by atoms with Crippen LogP contribution in [-0.2, 0) is 10.3 Å². The zero-order valence-electron chi connectivity index (χ0n) is 11.3. The third-order valence-corrected chi connectivity index (χ3v) is 3.68. The standard InChI is InChI=1S/C17H17NO/c1-13-3-7-15(8-4-13)17(11-18-12-19-17)16-9-5-14(2)6-10-16/h3-10,12H,11H2,1-2H3. The first-order valence-electron chi connectivity index (χ1n) is 6.51. The molecule has 0 unspecified atom stereocenters. The van der Waals surface area contributed by atoms with E-state index in [1.807, 2.05) is 0 Å². The quantitative estimate of drug-likeness (QED) is 0.799. The Bertz CT molecular complexity index is 541. The van der Waals surface area contributed by atoms with E-state index in [0.717, 1.165) is 11.1 Å². The van der Waals surface area contributed by atoms with Gasteiger partial charge in [0.1, 0.15) is 0 Å². The van der Waals surface area contributed by atoms with Gasteiger partial charge in [-0.25, -0.2) is 0 Å². The van der Waals surface area contributed by atoms with Gasteiger partial charge < -0.3 is 4.74 Å². The van der Waals surface area contributed by atoms with Crippen LogP contribution < -0.4 is 0 Å². The average molecular weight is 251 g/mol. The molecule has 0 amide bonds. The summed E-state index contributed by atoms with van der Waals surface area (Å²) in [6.45, 7) is 4.82. The molecule has 0 saturated carbocycles. The Morgan fingerprint density at radius 3 is 1.68 bits per heavy atom. The Balaban J connectivity index is 2.09. The van der Waals surface area contributed by atoms with Gasteiger partial charge in [-0.1, -0.05) is 59.7 Å². The van der Waals surface area contributed by atoms with Gasteiger partial charge >= 0.3 is 0 Å². The van der Waals surface area contributed by atoms with Crippen LogP contribution in [0.5, 0.6) is 0 Å². The van der Waals surface area contributed by atoms with Crippen molar-refractivity contribution in [1.29, 1.82) is 0 Å². The number of aliphatic imine (C=N–C) groups is 1. The molecule has 1 heterocycles. The van der Waals surface area contributed by atoms with Crippen LogP contribution in [-0.4, -0.2) is 12.9 Å². The lowest BCUT2D eigenvalue weighted by Gasteiger charge is -2.28. The molecule has 0 bridgehead atoms. The van der Waals surface area contributed by atoms with Gasteiger partial charge in [0.25, 0.3) is 0 Å². The van der Waals surface area contributed by atoms with Gasteiger partial charge in [-0.2, -0.15) is 0 Å². The number of aryl methyl sites for hydroxylation is 2. The lowest BCUT2D eigenvalue weighted by Crippen LogP contribution is -2.30. The molecule has 1 aliphatic heterocycles. The molecule has 2 aromatic carbocycles. The van der Waals surface area contributed by atoms with E-state index in [4.69, 9.17) is 4.74 Å². The minimum Gasteiger partial charge on any atom is -0.466 e. The van der Waals surface area contributed by atoms with Crippen LogP contribution in [0.15, 0.2) is 53.5 Å². The lowest BCUT2D eigenvalue weighted by atomic mass is 9.85. The number of rotatable bonds is 2. The summed E-state index contributed by atoms with van der Waals surface area (Å²) in [5.41, 5.74) is 4.35. The van der Waals surface area contributed by atoms with E-state index in [1.165, 1.54) is 11.1 Å². The normalized spacial score (nSPS) is 16.3. The maximum Gasteiger partial charge on any atom is 0.180 e. The third kappa shape index (κ3) is 2.03. The summed E-state index contributed by atoms with van der Waals surface area (Å²) in [7, 11) is 0. The highest BCUT2D eigenvalue weighted by atomic mass is 16.5. The van der Waals surface area contributed by atoms with Crippen LogP contribution in [0.2, 0.25) is 0 Å². The highest BCUT2D eigenvalue weighted by Gasteiger charge is 2.38. The number of nitrogens with zero attached hydrogens (tertiary/aromatic N) is 1.